The molecule has 1 aromatic rings. The van der Waals surface area contributed by atoms with E-state index in [9.17, 15) is 4.79 Å². The molecule has 0 saturated carbocycles. The van der Waals surface area contributed by atoms with Gasteiger partial charge in [-0.15, -0.1) is 0 Å². The number of aliphatic hydroxyl groups is 1. The van der Waals surface area contributed by atoms with Gasteiger partial charge in [0.2, 0.25) is 0 Å². The lowest BCUT2D eigenvalue weighted by Gasteiger charge is -2.06. The quantitative estimate of drug-likeness (QED) is 0.740. The van der Waals surface area contributed by atoms with Gasteiger partial charge in [0, 0.05) is 18.3 Å². The monoisotopic (exact) mass is 210 g/mol. The van der Waals surface area contributed by atoms with Crippen molar-refractivity contribution in [1.82, 2.24) is 9.55 Å². The number of rotatable bonds is 5. The van der Waals surface area contributed by atoms with Crippen molar-refractivity contribution in [2.24, 2.45) is 0 Å². The molecule has 4 nitrogen and oxygen atoms in total. The number of aliphatic hydroxyl groups excluding tert-OH is 1. The molecule has 1 N–H and O–H groups in total. The molecule has 0 bridgehead atoms. The van der Waals surface area contributed by atoms with E-state index < -0.39 is 0 Å². The molecule has 0 aliphatic heterocycles. The molecule has 0 radical (unpaired) electrons. The summed E-state index contributed by atoms with van der Waals surface area (Å²) in [5.41, 5.74) is 0.750. The lowest BCUT2D eigenvalue weighted by Crippen LogP contribution is -2.20. The van der Waals surface area contributed by atoms with Crippen LogP contribution < -0.4 is 5.56 Å². The van der Waals surface area contributed by atoms with Gasteiger partial charge in [-0.2, -0.15) is 0 Å². The highest BCUT2D eigenvalue weighted by atomic mass is 16.3. The molecule has 0 aliphatic rings. The Labute approximate surface area is 89.6 Å². The zero-order valence-electron chi connectivity index (χ0n) is 9.31. The molecule has 1 rings (SSSR count). The van der Waals surface area contributed by atoms with Gasteiger partial charge in [-0.05, 0) is 33.1 Å². The van der Waals surface area contributed by atoms with E-state index in [-0.39, 0.29) is 11.7 Å². The fourth-order valence-electron chi connectivity index (χ4n) is 1.41. The standard InChI is InChI=1S/C11H18N2O2/c1-9-7-11(15)13(8-12-9)6-4-3-5-10(2)14/h7-8,10,14H,3-6H2,1-2H3. The number of hydrogen-bond acceptors (Lipinski definition) is 3. The first-order chi connectivity index (χ1) is 7.09. The van der Waals surface area contributed by atoms with Crippen LogP contribution in [-0.2, 0) is 6.54 Å². The summed E-state index contributed by atoms with van der Waals surface area (Å²) in [7, 11) is 0. The summed E-state index contributed by atoms with van der Waals surface area (Å²) in [6.45, 7) is 4.26. The van der Waals surface area contributed by atoms with E-state index in [4.69, 9.17) is 5.11 Å². The van der Waals surface area contributed by atoms with Crippen molar-refractivity contribution in [1.29, 1.82) is 0 Å². The normalized spacial score (nSPS) is 12.7. The second-order valence-electron chi connectivity index (χ2n) is 3.91. The molecule has 0 aliphatic carbocycles. The summed E-state index contributed by atoms with van der Waals surface area (Å²) in [6.07, 6.45) is 3.94. The average molecular weight is 210 g/mol. The van der Waals surface area contributed by atoms with Gasteiger partial charge in [0.05, 0.1) is 12.4 Å². The van der Waals surface area contributed by atoms with Crippen molar-refractivity contribution >= 4 is 0 Å². The van der Waals surface area contributed by atoms with Crippen LogP contribution in [0.3, 0.4) is 0 Å². The molecule has 1 heterocycles. The third-order valence-corrected chi connectivity index (χ3v) is 2.29. The molecular formula is C11H18N2O2. The molecule has 0 amide bonds. The SMILES string of the molecule is Cc1cc(=O)n(CCCCC(C)O)cn1. The van der Waals surface area contributed by atoms with Crippen molar-refractivity contribution in [2.75, 3.05) is 0 Å². The van der Waals surface area contributed by atoms with Gasteiger partial charge in [0.1, 0.15) is 0 Å². The van der Waals surface area contributed by atoms with Gasteiger partial charge >= 0.3 is 0 Å². The number of hydrogen-bond donors (Lipinski definition) is 1. The zero-order valence-corrected chi connectivity index (χ0v) is 9.31. The summed E-state index contributed by atoms with van der Waals surface area (Å²) in [5.74, 6) is 0. The maximum atomic E-state index is 11.4. The fraction of sp³-hybridized carbons (Fsp3) is 0.636. The smallest absolute Gasteiger partial charge is 0.253 e. The Morgan fingerprint density at radius 1 is 1.53 bits per heavy atom. The Morgan fingerprint density at radius 3 is 2.87 bits per heavy atom. The Morgan fingerprint density at radius 2 is 2.27 bits per heavy atom. The number of aryl methyl sites for hydroxylation is 2. The number of unbranched alkanes of at least 4 members (excludes halogenated alkanes) is 1. The van der Waals surface area contributed by atoms with Gasteiger partial charge < -0.3 is 5.11 Å². The molecule has 15 heavy (non-hydrogen) atoms. The Balaban J connectivity index is 2.41. The Bertz CT molecular complexity index is 358. The lowest BCUT2D eigenvalue weighted by atomic mass is 10.2. The summed E-state index contributed by atoms with van der Waals surface area (Å²) in [5, 5.41) is 9.06. The molecule has 0 fully saturated rings. The van der Waals surface area contributed by atoms with Crippen LogP contribution in [0.25, 0.3) is 0 Å². The Hall–Kier alpha value is -1.16. The molecule has 84 valence electrons. The topological polar surface area (TPSA) is 55.1 Å². The third-order valence-electron chi connectivity index (χ3n) is 2.29. The zero-order chi connectivity index (χ0) is 11.3. The van der Waals surface area contributed by atoms with Crippen molar-refractivity contribution in [3.63, 3.8) is 0 Å². The van der Waals surface area contributed by atoms with Crippen molar-refractivity contribution in [3.05, 3.63) is 28.4 Å². The van der Waals surface area contributed by atoms with Gasteiger partial charge in [-0.25, -0.2) is 4.98 Å². The highest BCUT2D eigenvalue weighted by Crippen LogP contribution is 2.01. The average Bonchev–Trinajstić information content (AvgIpc) is 2.14. The van der Waals surface area contributed by atoms with E-state index in [0.29, 0.717) is 6.54 Å². The minimum Gasteiger partial charge on any atom is -0.393 e. The van der Waals surface area contributed by atoms with E-state index in [2.05, 4.69) is 4.98 Å². The van der Waals surface area contributed by atoms with Gasteiger partial charge in [0.25, 0.3) is 5.56 Å². The fourth-order valence-corrected chi connectivity index (χ4v) is 1.41. The van der Waals surface area contributed by atoms with Crippen LogP contribution in [0.2, 0.25) is 0 Å². The molecule has 4 heteroatoms. The summed E-state index contributed by atoms with van der Waals surface area (Å²) >= 11 is 0. The van der Waals surface area contributed by atoms with Crippen molar-refractivity contribution in [3.8, 4) is 0 Å². The lowest BCUT2D eigenvalue weighted by molar-refractivity contribution is 0.180. The van der Waals surface area contributed by atoms with E-state index in [1.54, 1.807) is 24.7 Å². The first-order valence-electron chi connectivity index (χ1n) is 5.31. The van der Waals surface area contributed by atoms with E-state index in [1.807, 2.05) is 0 Å². The molecular weight excluding hydrogens is 192 g/mol. The minimum absolute atomic E-state index is 0.000420. The van der Waals surface area contributed by atoms with E-state index >= 15 is 0 Å². The molecule has 0 spiro atoms. The van der Waals surface area contributed by atoms with Gasteiger partial charge in [0.15, 0.2) is 0 Å². The second-order valence-corrected chi connectivity index (χ2v) is 3.91. The molecule has 0 saturated heterocycles. The maximum absolute atomic E-state index is 11.4. The van der Waals surface area contributed by atoms with Gasteiger partial charge in [-0.3, -0.25) is 9.36 Å². The van der Waals surface area contributed by atoms with Crippen LogP contribution in [-0.4, -0.2) is 20.8 Å². The maximum Gasteiger partial charge on any atom is 0.253 e. The summed E-state index contributed by atoms with van der Waals surface area (Å²) < 4.78 is 1.61. The number of nitrogens with zero attached hydrogens (tertiary/aromatic N) is 2. The first-order valence-corrected chi connectivity index (χ1v) is 5.31. The van der Waals surface area contributed by atoms with Crippen molar-refractivity contribution in [2.45, 2.75) is 45.8 Å². The van der Waals surface area contributed by atoms with Crippen LogP contribution in [0, 0.1) is 6.92 Å². The van der Waals surface area contributed by atoms with Crippen LogP contribution in [0.1, 0.15) is 31.9 Å². The van der Waals surface area contributed by atoms with Crippen LogP contribution in [0.5, 0.6) is 0 Å². The summed E-state index contributed by atoms with van der Waals surface area (Å²) in [6, 6.07) is 1.54. The number of aromatic nitrogens is 2. The third kappa shape index (κ3) is 4.25. The van der Waals surface area contributed by atoms with Crippen LogP contribution >= 0.6 is 0 Å². The highest BCUT2D eigenvalue weighted by Gasteiger charge is 1.98. The molecule has 1 atom stereocenters. The molecule has 0 aromatic carbocycles. The first kappa shape index (κ1) is 11.9. The van der Waals surface area contributed by atoms with Crippen LogP contribution in [0.15, 0.2) is 17.2 Å². The van der Waals surface area contributed by atoms with Crippen molar-refractivity contribution < 1.29 is 5.11 Å². The Kier molecular flexibility index (Phi) is 4.49. The molecule has 1 unspecified atom stereocenters. The van der Waals surface area contributed by atoms with E-state index in [1.165, 1.54) is 6.07 Å². The predicted octanol–water partition coefficient (Wildman–Crippen LogP) is 1.10. The predicted molar refractivity (Wildman–Crippen MR) is 58.8 cm³/mol. The van der Waals surface area contributed by atoms with E-state index in [0.717, 1.165) is 25.0 Å². The summed E-state index contributed by atoms with van der Waals surface area (Å²) in [4.78, 5) is 15.5. The minimum atomic E-state index is -0.252. The van der Waals surface area contributed by atoms with Crippen LogP contribution in [0.4, 0.5) is 0 Å². The highest BCUT2D eigenvalue weighted by molar-refractivity contribution is 4.95. The second kappa shape index (κ2) is 5.66. The van der Waals surface area contributed by atoms with Gasteiger partial charge in [-0.1, -0.05) is 0 Å². The largest absolute Gasteiger partial charge is 0.393 e. The molecule has 1 aromatic heterocycles.